The molecule has 0 unspecified atom stereocenters. The van der Waals surface area contributed by atoms with Crippen molar-refractivity contribution in [3.63, 3.8) is 0 Å². The normalized spacial score (nSPS) is 15.2. The van der Waals surface area contributed by atoms with E-state index >= 15 is 0 Å². The molecule has 3 heterocycles. The smallest absolute Gasteiger partial charge is 0.256 e. The highest BCUT2D eigenvalue weighted by atomic mass is 79.9. The SMILES string of the molecule is C=CC(=O)N1CC(N(C)C(=O)Cn2c(C)c(C(=O)N3CCc4c(CC)cccc4C3)c3cc(Br)cc(C)c32)C1. The molecule has 0 saturated carbocycles. The molecule has 0 atom stereocenters. The zero-order chi connectivity index (χ0) is 28.0. The number of aryl methyl sites for hydroxylation is 2. The first kappa shape index (κ1) is 27.2. The van der Waals surface area contributed by atoms with Crippen LogP contribution in [0.15, 0.2) is 47.5 Å². The summed E-state index contributed by atoms with van der Waals surface area (Å²) in [5.41, 5.74) is 7.31. The Bertz CT molecular complexity index is 1500. The summed E-state index contributed by atoms with van der Waals surface area (Å²) in [5, 5.41) is 0.860. The molecule has 2 aromatic carbocycles. The van der Waals surface area contributed by atoms with Crippen LogP contribution in [0.25, 0.3) is 10.9 Å². The molecule has 1 aromatic heterocycles. The highest BCUT2D eigenvalue weighted by Crippen LogP contribution is 2.34. The maximum atomic E-state index is 14.1. The number of likely N-dealkylation sites (tertiary alicyclic amines) is 1. The lowest BCUT2D eigenvalue weighted by Crippen LogP contribution is -2.61. The van der Waals surface area contributed by atoms with Crippen LogP contribution < -0.4 is 0 Å². The van der Waals surface area contributed by atoms with Crippen LogP contribution in [-0.4, -0.2) is 69.7 Å². The minimum absolute atomic E-state index is 0.000299. The van der Waals surface area contributed by atoms with Gasteiger partial charge in [-0.2, -0.15) is 0 Å². The fraction of sp³-hybridized carbons (Fsp3) is 0.387. The van der Waals surface area contributed by atoms with Crippen molar-refractivity contribution < 1.29 is 14.4 Å². The highest BCUT2D eigenvalue weighted by molar-refractivity contribution is 9.10. The molecule has 1 fully saturated rings. The molecule has 3 amide bonds. The van der Waals surface area contributed by atoms with Gasteiger partial charge >= 0.3 is 0 Å². The van der Waals surface area contributed by atoms with Crippen molar-refractivity contribution in [2.45, 2.75) is 52.7 Å². The first-order chi connectivity index (χ1) is 18.6. The lowest BCUT2D eigenvalue weighted by Gasteiger charge is -2.43. The monoisotopic (exact) mass is 590 g/mol. The number of hydrogen-bond donors (Lipinski definition) is 0. The van der Waals surface area contributed by atoms with Gasteiger partial charge in [-0.05, 0) is 67.2 Å². The van der Waals surface area contributed by atoms with Crippen molar-refractivity contribution in [1.82, 2.24) is 19.3 Å². The predicted octanol–water partition coefficient (Wildman–Crippen LogP) is 4.64. The Morgan fingerprint density at radius 1 is 1.15 bits per heavy atom. The number of aromatic nitrogens is 1. The van der Waals surface area contributed by atoms with Gasteiger partial charge in [0.15, 0.2) is 0 Å². The summed E-state index contributed by atoms with van der Waals surface area (Å²) in [6.07, 6.45) is 3.14. The molecule has 0 spiro atoms. The van der Waals surface area contributed by atoms with Crippen LogP contribution in [0, 0.1) is 13.8 Å². The van der Waals surface area contributed by atoms with Gasteiger partial charge < -0.3 is 19.3 Å². The van der Waals surface area contributed by atoms with Gasteiger partial charge in [0, 0.05) is 48.8 Å². The second-order valence-corrected chi connectivity index (χ2v) is 11.6. The number of hydrogen-bond acceptors (Lipinski definition) is 3. The Hall–Kier alpha value is -3.39. The van der Waals surface area contributed by atoms with Crippen LogP contribution in [0.3, 0.4) is 0 Å². The van der Waals surface area contributed by atoms with E-state index in [4.69, 9.17) is 0 Å². The molecule has 204 valence electrons. The zero-order valence-electron chi connectivity index (χ0n) is 23.1. The lowest BCUT2D eigenvalue weighted by molar-refractivity contribution is -0.142. The summed E-state index contributed by atoms with van der Waals surface area (Å²) in [4.78, 5) is 44.7. The molecule has 0 bridgehead atoms. The largest absolute Gasteiger partial charge is 0.338 e. The van der Waals surface area contributed by atoms with Gasteiger partial charge in [0.1, 0.15) is 6.54 Å². The molecular weight excluding hydrogens is 556 g/mol. The molecule has 8 heteroatoms. The van der Waals surface area contributed by atoms with Crippen LogP contribution in [0.2, 0.25) is 0 Å². The van der Waals surface area contributed by atoms with Gasteiger partial charge in [0.05, 0.1) is 17.1 Å². The zero-order valence-corrected chi connectivity index (χ0v) is 24.7. The average Bonchev–Trinajstić information content (AvgIpc) is 3.16. The fourth-order valence-electron chi connectivity index (χ4n) is 6.06. The predicted molar refractivity (Wildman–Crippen MR) is 157 cm³/mol. The first-order valence-electron chi connectivity index (χ1n) is 13.5. The van der Waals surface area contributed by atoms with Crippen LogP contribution in [0.5, 0.6) is 0 Å². The summed E-state index contributed by atoms with van der Waals surface area (Å²) in [6.45, 7) is 12.1. The quantitative estimate of drug-likeness (QED) is 0.393. The molecule has 0 N–H and O–H groups in total. The van der Waals surface area contributed by atoms with Crippen LogP contribution in [-0.2, 0) is 35.5 Å². The maximum absolute atomic E-state index is 14.1. The average molecular weight is 592 g/mol. The number of carbonyl (C=O) groups is 3. The van der Waals surface area contributed by atoms with Crippen LogP contribution >= 0.6 is 15.9 Å². The van der Waals surface area contributed by atoms with E-state index in [1.165, 1.54) is 22.8 Å². The van der Waals surface area contributed by atoms with Gasteiger partial charge in [0.25, 0.3) is 5.91 Å². The van der Waals surface area contributed by atoms with Gasteiger partial charge in [-0.15, -0.1) is 0 Å². The van der Waals surface area contributed by atoms with Gasteiger partial charge in [0.2, 0.25) is 11.8 Å². The number of halogens is 1. The molecule has 39 heavy (non-hydrogen) atoms. The van der Waals surface area contributed by atoms with Crippen molar-refractivity contribution in [2.24, 2.45) is 0 Å². The highest BCUT2D eigenvalue weighted by Gasteiger charge is 2.35. The number of benzene rings is 2. The summed E-state index contributed by atoms with van der Waals surface area (Å²) >= 11 is 3.62. The maximum Gasteiger partial charge on any atom is 0.256 e. The van der Waals surface area contributed by atoms with Crippen molar-refractivity contribution in [2.75, 3.05) is 26.7 Å². The first-order valence-corrected chi connectivity index (χ1v) is 14.3. The number of amides is 3. The van der Waals surface area contributed by atoms with Gasteiger partial charge in [-0.3, -0.25) is 14.4 Å². The van der Waals surface area contributed by atoms with Crippen molar-refractivity contribution in [3.8, 4) is 0 Å². The topological polar surface area (TPSA) is 65.9 Å². The van der Waals surface area contributed by atoms with E-state index in [0.29, 0.717) is 31.7 Å². The van der Waals surface area contributed by atoms with E-state index in [2.05, 4.69) is 47.6 Å². The van der Waals surface area contributed by atoms with Crippen LogP contribution in [0.1, 0.15) is 45.2 Å². The Labute approximate surface area is 238 Å². The van der Waals surface area contributed by atoms with E-state index in [1.54, 1.807) is 16.8 Å². The Morgan fingerprint density at radius 3 is 2.59 bits per heavy atom. The third-order valence-electron chi connectivity index (χ3n) is 8.40. The molecule has 2 aliphatic heterocycles. The molecule has 2 aliphatic rings. The van der Waals surface area contributed by atoms with Gasteiger partial charge in [-0.25, -0.2) is 0 Å². The summed E-state index contributed by atoms with van der Waals surface area (Å²) in [7, 11) is 1.79. The van der Waals surface area contributed by atoms with E-state index in [9.17, 15) is 14.4 Å². The van der Waals surface area contributed by atoms with Crippen molar-refractivity contribution in [1.29, 1.82) is 0 Å². The number of likely N-dealkylation sites (N-methyl/N-ethyl adjacent to an activating group) is 1. The molecule has 0 aliphatic carbocycles. The number of fused-ring (bicyclic) bond motifs is 2. The van der Waals surface area contributed by atoms with E-state index in [-0.39, 0.29) is 30.3 Å². The summed E-state index contributed by atoms with van der Waals surface area (Å²) in [5.74, 6) is -0.166. The Morgan fingerprint density at radius 2 is 1.90 bits per heavy atom. The van der Waals surface area contributed by atoms with E-state index < -0.39 is 0 Å². The summed E-state index contributed by atoms with van der Waals surface area (Å²) < 4.78 is 2.89. The molecule has 7 nitrogen and oxygen atoms in total. The molecule has 5 rings (SSSR count). The van der Waals surface area contributed by atoms with Crippen molar-refractivity contribution >= 4 is 44.6 Å². The second-order valence-electron chi connectivity index (χ2n) is 10.7. The van der Waals surface area contributed by atoms with E-state index in [1.807, 2.05) is 35.4 Å². The van der Waals surface area contributed by atoms with Crippen LogP contribution in [0.4, 0.5) is 0 Å². The standard InChI is InChI=1S/C31H35BrN4O3/c1-6-21-9-8-10-22-15-34(12-11-25(21)22)31(39)29-20(4)36(30-19(3)13-23(32)14-26(29)30)18-28(38)33(5)24-16-35(17-24)27(37)7-2/h7-10,13-14,24H,2,6,11-12,15-18H2,1,3-5H3. The Kier molecular flexibility index (Phi) is 7.42. The Balaban J connectivity index is 1.45. The molecular formula is C31H35BrN4O3. The minimum Gasteiger partial charge on any atom is -0.338 e. The fourth-order valence-corrected chi connectivity index (χ4v) is 6.63. The minimum atomic E-state index is -0.116. The third kappa shape index (κ3) is 4.80. The molecule has 0 radical (unpaired) electrons. The number of nitrogens with zero attached hydrogens (tertiary/aromatic N) is 4. The van der Waals surface area contributed by atoms with Gasteiger partial charge in [-0.1, -0.05) is 47.6 Å². The number of rotatable bonds is 6. The van der Waals surface area contributed by atoms with E-state index in [0.717, 1.165) is 39.5 Å². The third-order valence-corrected chi connectivity index (χ3v) is 8.86. The molecule has 1 saturated heterocycles. The number of carbonyl (C=O) groups excluding carboxylic acids is 3. The summed E-state index contributed by atoms with van der Waals surface area (Å²) in [6, 6.07) is 10.4. The second kappa shape index (κ2) is 10.6. The molecule has 3 aromatic rings. The lowest BCUT2D eigenvalue weighted by atomic mass is 9.93. The van der Waals surface area contributed by atoms with Crippen molar-refractivity contribution in [3.05, 3.63) is 81.0 Å².